The lowest BCUT2D eigenvalue weighted by Gasteiger charge is -2.31. The summed E-state index contributed by atoms with van der Waals surface area (Å²) >= 11 is 0. The van der Waals surface area contributed by atoms with Gasteiger partial charge in [0.15, 0.2) is 28.9 Å². The number of carbonyl (C=O) groups is 1. The molecule has 0 aliphatic carbocycles. The first-order valence-corrected chi connectivity index (χ1v) is 10.7. The average molecular weight is 470 g/mol. The first kappa shape index (κ1) is 23.5. The number of ether oxygens (including phenoxy) is 3. The van der Waals surface area contributed by atoms with Crippen LogP contribution in [-0.4, -0.2) is 54.2 Å². The van der Waals surface area contributed by atoms with Gasteiger partial charge in [-0.05, 0) is 24.5 Å². The number of halogens is 2. The Kier molecular flexibility index (Phi) is 6.97. The molecule has 1 N–H and O–H groups in total. The van der Waals surface area contributed by atoms with Gasteiger partial charge in [0.2, 0.25) is 5.95 Å². The third-order valence-corrected chi connectivity index (χ3v) is 5.80. The van der Waals surface area contributed by atoms with E-state index in [2.05, 4.69) is 26.8 Å². The van der Waals surface area contributed by atoms with Crippen LogP contribution in [0.15, 0.2) is 37.2 Å². The number of fused-ring (bicyclic) bond motifs is 1. The number of rotatable bonds is 8. The molecule has 0 saturated carbocycles. The summed E-state index contributed by atoms with van der Waals surface area (Å²) in [6, 6.07) is 2.49. The number of aromatic nitrogens is 3. The Bertz CT molecular complexity index is 1210. The lowest BCUT2D eigenvalue weighted by molar-refractivity contribution is -0.116. The van der Waals surface area contributed by atoms with Gasteiger partial charge in [-0.15, -0.1) is 0 Å². The number of ketones is 1. The maximum Gasteiger partial charge on any atom is 0.223 e. The van der Waals surface area contributed by atoms with Crippen LogP contribution in [0.25, 0.3) is 22.2 Å². The molecule has 2 aromatic heterocycles. The van der Waals surface area contributed by atoms with Crippen molar-refractivity contribution in [1.82, 2.24) is 15.0 Å². The van der Waals surface area contributed by atoms with Gasteiger partial charge in [0.1, 0.15) is 0 Å². The molecule has 34 heavy (non-hydrogen) atoms. The van der Waals surface area contributed by atoms with Crippen molar-refractivity contribution >= 4 is 22.6 Å². The normalized spacial score (nSPS) is 17.9. The molecule has 1 aliphatic heterocycles. The van der Waals surface area contributed by atoms with Crippen molar-refractivity contribution in [3.05, 3.63) is 48.8 Å². The summed E-state index contributed by atoms with van der Waals surface area (Å²) in [5.74, 6) is -1.71. The van der Waals surface area contributed by atoms with Crippen LogP contribution in [0.3, 0.4) is 0 Å². The Hall–Kier alpha value is -3.66. The Morgan fingerprint density at radius 3 is 2.62 bits per heavy atom. The number of allylic oxidation sites excluding steroid dienone is 1. The van der Waals surface area contributed by atoms with E-state index >= 15 is 0 Å². The lowest BCUT2D eigenvalue weighted by Crippen LogP contribution is -2.40. The van der Waals surface area contributed by atoms with E-state index in [4.69, 9.17) is 14.2 Å². The predicted molar refractivity (Wildman–Crippen MR) is 122 cm³/mol. The van der Waals surface area contributed by atoms with Crippen LogP contribution in [0.5, 0.6) is 11.5 Å². The quantitative estimate of drug-likeness (QED) is 0.495. The first-order valence-electron chi connectivity index (χ1n) is 10.7. The number of anilines is 1. The number of pyridine rings is 1. The van der Waals surface area contributed by atoms with E-state index in [9.17, 15) is 13.6 Å². The van der Waals surface area contributed by atoms with Crippen LogP contribution in [-0.2, 0) is 9.53 Å². The van der Waals surface area contributed by atoms with E-state index in [1.807, 2.05) is 0 Å². The van der Waals surface area contributed by atoms with E-state index in [-0.39, 0.29) is 40.5 Å². The van der Waals surface area contributed by atoms with Gasteiger partial charge in [0.05, 0.1) is 49.8 Å². The second kappa shape index (κ2) is 10.1. The minimum absolute atomic E-state index is 0.0245. The maximum atomic E-state index is 14.9. The SMILES string of the molecule is C=CC(=O)C[C@H]1CCOC[C@H]1Nc1ncc2cc(-c3c(F)c(OC)cc(OC)c3F)ncc2n1. The minimum Gasteiger partial charge on any atom is -0.494 e. The molecular formula is C24H24F2N4O4. The molecule has 1 fully saturated rings. The fraction of sp³-hybridized carbons (Fsp3) is 0.333. The summed E-state index contributed by atoms with van der Waals surface area (Å²) in [7, 11) is 2.57. The highest BCUT2D eigenvalue weighted by molar-refractivity contribution is 5.89. The topological polar surface area (TPSA) is 95.5 Å². The van der Waals surface area contributed by atoms with E-state index < -0.39 is 11.6 Å². The van der Waals surface area contributed by atoms with Crippen molar-refractivity contribution in [2.24, 2.45) is 5.92 Å². The van der Waals surface area contributed by atoms with Gasteiger partial charge in [-0.1, -0.05) is 6.58 Å². The largest absolute Gasteiger partial charge is 0.494 e. The molecule has 1 aliphatic rings. The molecule has 0 amide bonds. The average Bonchev–Trinajstić information content (AvgIpc) is 2.85. The third kappa shape index (κ3) is 4.67. The molecule has 0 unspecified atom stereocenters. The van der Waals surface area contributed by atoms with Crippen molar-refractivity contribution in [2.75, 3.05) is 32.8 Å². The van der Waals surface area contributed by atoms with Crippen LogP contribution in [0.2, 0.25) is 0 Å². The molecule has 3 aromatic rings. The fourth-order valence-corrected chi connectivity index (χ4v) is 3.94. The van der Waals surface area contributed by atoms with Gasteiger partial charge in [0, 0.05) is 30.7 Å². The maximum absolute atomic E-state index is 14.9. The molecule has 10 heteroatoms. The van der Waals surface area contributed by atoms with Crippen molar-refractivity contribution in [1.29, 1.82) is 0 Å². The zero-order valence-corrected chi connectivity index (χ0v) is 18.8. The first-order chi connectivity index (χ1) is 16.4. The standard InChI is InChI=1S/C24H24F2N4O4/c1-4-15(31)7-13-5-6-34-12-18(13)30-24-28-10-14-8-16(27-11-17(14)29-24)21-22(25)19(32-2)9-20(33-3)23(21)26/h4,8-11,13,18H,1,5-7,12H2,2-3H3,(H,28,29,30)/t13-,18-/m1/s1. The van der Waals surface area contributed by atoms with E-state index in [1.165, 1.54) is 38.8 Å². The summed E-state index contributed by atoms with van der Waals surface area (Å²) in [4.78, 5) is 24.9. The number of benzene rings is 1. The van der Waals surface area contributed by atoms with Gasteiger partial charge in [0.25, 0.3) is 0 Å². The van der Waals surface area contributed by atoms with Gasteiger partial charge >= 0.3 is 0 Å². The predicted octanol–water partition coefficient (Wildman–Crippen LogP) is 3.95. The molecule has 178 valence electrons. The summed E-state index contributed by atoms with van der Waals surface area (Å²) in [6.07, 6.45) is 5.38. The summed E-state index contributed by atoms with van der Waals surface area (Å²) < 4.78 is 45.3. The van der Waals surface area contributed by atoms with E-state index in [0.29, 0.717) is 36.5 Å². The highest BCUT2D eigenvalue weighted by Crippen LogP contribution is 2.37. The Labute approximate surface area is 195 Å². The summed E-state index contributed by atoms with van der Waals surface area (Å²) in [6.45, 7) is 4.54. The Morgan fingerprint density at radius 1 is 1.21 bits per heavy atom. The van der Waals surface area contributed by atoms with Crippen LogP contribution >= 0.6 is 0 Å². The second-order valence-electron chi connectivity index (χ2n) is 7.86. The van der Waals surface area contributed by atoms with Crippen LogP contribution < -0.4 is 14.8 Å². The van der Waals surface area contributed by atoms with Crippen molar-refractivity contribution < 1.29 is 27.8 Å². The third-order valence-electron chi connectivity index (χ3n) is 5.80. The molecule has 4 rings (SSSR count). The highest BCUT2D eigenvalue weighted by atomic mass is 19.1. The number of nitrogens with one attached hydrogen (secondary N) is 1. The van der Waals surface area contributed by atoms with Crippen LogP contribution in [0, 0.1) is 17.6 Å². The number of hydrogen-bond donors (Lipinski definition) is 1. The number of nitrogens with zero attached hydrogens (tertiary/aromatic N) is 3. The summed E-state index contributed by atoms with van der Waals surface area (Å²) in [5.41, 5.74) is 0.162. The monoisotopic (exact) mass is 470 g/mol. The molecule has 0 radical (unpaired) electrons. The Balaban J connectivity index is 1.63. The molecule has 1 aromatic carbocycles. The van der Waals surface area contributed by atoms with Crippen LogP contribution in [0.1, 0.15) is 12.8 Å². The van der Waals surface area contributed by atoms with Crippen molar-refractivity contribution in [2.45, 2.75) is 18.9 Å². The van der Waals surface area contributed by atoms with Gasteiger partial charge < -0.3 is 19.5 Å². The van der Waals surface area contributed by atoms with Crippen molar-refractivity contribution in [3.63, 3.8) is 0 Å². The highest BCUT2D eigenvalue weighted by Gasteiger charge is 2.28. The zero-order valence-electron chi connectivity index (χ0n) is 18.8. The minimum atomic E-state index is -0.885. The van der Waals surface area contributed by atoms with E-state index in [1.54, 1.807) is 0 Å². The smallest absolute Gasteiger partial charge is 0.223 e. The van der Waals surface area contributed by atoms with E-state index in [0.717, 1.165) is 12.5 Å². The molecule has 8 nitrogen and oxygen atoms in total. The molecule has 1 saturated heterocycles. The second-order valence-corrected chi connectivity index (χ2v) is 7.86. The zero-order chi connectivity index (χ0) is 24.2. The lowest BCUT2D eigenvalue weighted by atomic mass is 9.90. The molecule has 0 spiro atoms. The number of carbonyl (C=O) groups excluding carboxylic acids is 1. The van der Waals surface area contributed by atoms with Gasteiger partial charge in [-0.3, -0.25) is 9.78 Å². The summed E-state index contributed by atoms with van der Waals surface area (Å²) in [5, 5.41) is 3.77. The molecule has 3 heterocycles. The number of methoxy groups -OCH3 is 2. The van der Waals surface area contributed by atoms with Gasteiger partial charge in [-0.2, -0.15) is 0 Å². The molecular weight excluding hydrogens is 446 g/mol. The molecule has 2 atom stereocenters. The Morgan fingerprint density at radius 2 is 1.94 bits per heavy atom. The van der Waals surface area contributed by atoms with Crippen LogP contribution in [0.4, 0.5) is 14.7 Å². The van der Waals surface area contributed by atoms with Crippen molar-refractivity contribution in [3.8, 4) is 22.8 Å². The molecule has 0 bridgehead atoms. The van der Waals surface area contributed by atoms with Gasteiger partial charge in [-0.25, -0.2) is 18.7 Å². The fourth-order valence-electron chi connectivity index (χ4n) is 3.94. The number of hydrogen-bond acceptors (Lipinski definition) is 8.